The second-order valence-electron chi connectivity index (χ2n) is 20.1. The molecular weight excluding hydrogens is 873 g/mol. The average Bonchev–Trinajstić information content (AvgIpc) is 3.85. The molecular formula is C51H78N6O11. The van der Waals surface area contributed by atoms with Crippen molar-refractivity contribution >= 4 is 47.3 Å². The van der Waals surface area contributed by atoms with Gasteiger partial charge in [0.25, 0.3) is 11.8 Å². The molecule has 1 aliphatic carbocycles. The Balaban J connectivity index is 1.45. The fourth-order valence-electron chi connectivity index (χ4n) is 10.0. The number of nitrogens with zero attached hydrogens (tertiary/aromatic N) is 4. The molecule has 4 rings (SSSR count). The topological polar surface area (TPSA) is 212 Å². The number of nitrogens with one attached hydrogen (secondary N) is 2. The van der Waals surface area contributed by atoms with Crippen LogP contribution in [0.4, 0.5) is 0 Å². The fraction of sp³-hybridized carbons (Fsp3) is 0.686. The summed E-state index contributed by atoms with van der Waals surface area (Å²) in [7, 11) is 6.27. The first-order valence-corrected chi connectivity index (χ1v) is 24.4. The Labute approximate surface area is 403 Å². The van der Waals surface area contributed by atoms with Gasteiger partial charge in [0.2, 0.25) is 29.5 Å². The fourth-order valence-corrected chi connectivity index (χ4v) is 10.0. The van der Waals surface area contributed by atoms with Gasteiger partial charge in [-0.3, -0.25) is 38.5 Å². The van der Waals surface area contributed by atoms with Crippen LogP contribution in [-0.2, 0) is 54.3 Å². The van der Waals surface area contributed by atoms with Gasteiger partial charge in [-0.1, -0.05) is 91.6 Å². The van der Waals surface area contributed by atoms with Gasteiger partial charge in [-0.25, -0.2) is 4.79 Å². The summed E-state index contributed by atoms with van der Waals surface area (Å²) >= 11 is 0. The van der Waals surface area contributed by atoms with Crippen molar-refractivity contribution in [2.24, 2.45) is 29.1 Å². The summed E-state index contributed by atoms with van der Waals surface area (Å²) in [6, 6.07) is 5.01. The van der Waals surface area contributed by atoms with Crippen LogP contribution in [0.1, 0.15) is 112 Å². The number of hydrogen-bond acceptors (Lipinski definition) is 10. The van der Waals surface area contributed by atoms with Crippen molar-refractivity contribution in [2.45, 2.75) is 155 Å². The van der Waals surface area contributed by atoms with Gasteiger partial charge >= 0.3 is 5.97 Å². The van der Waals surface area contributed by atoms with Crippen LogP contribution >= 0.6 is 0 Å². The highest BCUT2D eigenvalue weighted by molar-refractivity contribution is 6.12. The molecule has 3 aliphatic rings. The quantitative estimate of drug-likeness (QED) is 0.0840. The third kappa shape index (κ3) is 14.0. The second-order valence-corrected chi connectivity index (χ2v) is 20.1. The van der Waals surface area contributed by atoms with Gasteiger partial charge in [0.15, 0.2) is 0 Å². The maximum Gasteiger partial charge on any atom is 0.326 e. The summed E-state index contributed by atoms with van der Waals surface area (Å²) in [5.41, 5.74) is 0.672. The molecule has 9 atom stereocenters. The molecule has 0 radical (unpaired) electrons. The Hall–Kier alpha value is -5.16. The molecule has 0 aromatic heterocycles. The van der Waals surface area contributed by atoms with Crippen LogP contribution < -0.4 is 10.6 Å². The van der Waals surface area contributed by atoms with Crippen LogP contribution in [0.2, 0.25) is 0 Å². The van der Waals surface area contributed by atoms with Gasteiger partial charge in [0.05, 0.1) is 36.6 Å². The Bertz CT molecular complexity index is 1950. The molecule has 2 aliphatic heterocycles. The monoisotopic (exact) mass is 951 g/mol. The van der Waals surface area contributed by atoms with Crippen molar-refractivity contribution in [2.75, 3.05) is 41.4 Å². The first kappa shape index (κ1) is 55.4. The predicted molar refractivity (Wildman–Crippen MR) is 255 cm³/mol. The molecule has 2 heterocycles. The predicted octanol–water partition coefficient (Wildman–Crippen LogP) is 4.22. The highest BCUT2D eigenvalue weighted by Crippen LogP contribution is 2.56. The van der Waals surface area contributed by atoms with Crippen molar-refractivity contribution in [3.05, 3.63) is 48.0 Å². The van der Waals surface area contributed by atoms with Crippen LogP contribution in [0.5, 0.6) is 0 Å². The average molecular weight is 951 g/mol. The summed E-state index contributed by atoms with van der Waals surface area (Å²) in [6.07, 6.45) is 6.00. The lowest BCUT2D eigenvalue weighted by Gasteiger charge is -2.41. The number of carboxylic acids is 1. The third-order valence-corrected chi connectivity index (χ3v) is 14.5. The second kappa shape index (κ2) is 24.9. The summed E-state index contributed by atoms with van der Waals surface area (Å²) in [5, 5.41) is 15.7. The van der Waals surface area contributed by atoms with E-state index in [9.17, 15) is 43.5 Å². The largest absolute Gasteiger partial charge is 0.480 e. The number of imide groups is 1. The van der Waals surface area contributed by atoms with E-state index in [1.54, 1.807) is 43.0 Å². The van der Waals surface area contributed by atoms with Crippen molar-refractivity contribution < 1.29 is 52.9 Å². The zero-order valence-electron chi connectivity index (χ0n) is 42.2. The van der Waals surface area contributed by atoms with E-state index in [1.165, 1.54) is 36.2 Å². The standard InChI is InChI=1S/C51H78N6O11/c1-12-33(6)45(55(9)49(64)43(31(2)3)53-48(63)44(32(4)5)54(8)39(58)21-17-14-18-26-56-40(59)22-23-41(56)60)38(67-10)28-42(61)57-30-51(24-25-51)29-37(57)46(68-11)34(7)47(62)52-36(50(65)66)27-35-19-15-13-16-20-35/h13,15-16,19-20,22-23,31-34,36-38,43-46H,12,14,17-18,21,24-30H2,1-11H3,(H,52,62)(H,53,63)(H,65,66)/t33-,34+,36?,37-,38+,43-,44-,45?,46+/m0/s1. The van der Waals surface area contributed by atoms with Crippen LogP contribution in [0.15, 0.2) is 42.5 Å². The lowest BCUT2D eigenvalue weighted by molar-refractivity contribution is -0.149. The Morgan fingerprint density at radius 3 is 2.00 bits per heavy atom. The number of amides is 7. The number of likely N-dealkylation sites (N-methyl/N-ethyl adjacent to an activating group) is 2. The first-order chi connectivity index (χ1) is 32.1. The van der Waals surface area contributed by atoms with Gasteiger partial charge in [0, 0.05) is 66.4 Å². The third-order valence-electron chi connectivity index (χ3n) is 14.5. The maximum absolute atomic E-state index is 14.7. The minimum atomic E-state index is -1.16. The summed E-state index contributed by atoms with van der Waals surface area (Å²) in [6.45, 7) is 13.8. The number of carboxylic acid groups (broad SMARTS) is 1. The van der Waals surface area contributed by atoms with Gasteiger partial charge < -0.3 is 39.9 Å². The van der Waals surface area contributed by atoms with Gasteiger partial charge in [0.1, 0.15) is 18.1 Å². The number of rotatable bonds is 27. The molecule has 7 amide bonds. The lowest BCUT2D eigenvalue weighted by Crippen LogP contribution is -2.60. The molecule has 1 aromatic rings. The summed E-state index contributed by atoms with van der Waals surface area (Å²) in [4.78, 5) is 113. The number of methoxy groups -OCH3 is 2. The number of ether oxygens (including phenoxy) is 2. The molecule has 68 heavy (non-hydrogen) atoms. The molecule has 1 saturated carbocycles. The molecule has 1 spiro atoms. The van der Waals surface area contributed by atoms with Gasteiger partial charge in [-0.05, 0) is 60.8 Å². The molecule has 0 bridgehead atoms. The number of carbonyl (C=O) groups is 8. The van der Waals surface area contributed by atoms with Crippen molar-refractivity contribution in [3.63, 3.8) is 0 Å². The normalized spacial score (nSPS) is 19.9. The molecule has 378 valence electrons. The van der Waals surface area contributed by atoms with E-state index in [2.05, 4.69) is 10.6 Å². The minimum Gasteiger partial charge on any atom is -0.480 e. The van der Waals surface area contributed by atoms with E-state index in [-0.39, 0.29) is 78.5 Å². The Morgan fingerprint density at radius 1 is 0.838 bits per heavy atom. The first-order valence-electron chi connectivity index (χ1n) is 24.4. The highest BCUT2D eigenvalue weighted by Gasteiger charge is 2.56. The number of benzene rings is 1. The van der Waals surface area contributed by atoms with E-state index in [0.717, 1.165) is 18.4 Å². The van der Waals surface area contributed by atoms with E-state index < -0.39 is 66.1 Å². The molecule has 2 fully saturated rings. The van der Waals surface area contributed by atoms with Crippen LogP contribution in [0.3, 0.4) is 0 Å². The Morgan fingerprint density at radius 2 is 1.47 bits per heavy atom. The number of carbonyl (C=O) groups excluding carboxylic acids is 7. The molecule has 1 saturated heterocycles. The molecule has 17 nitrogen and oxygen atoms in total. The van der Waals surface area contributed by atoms with Gasteiger partial charge in [-0.15, -0.1) is 0 Å². The van der Waals surface area contributed by atoms with Crippen LogP contribution in [0.25, 0.3) is 0 Å². The maximum atomic E-state index is 14.7. The van der Waals surface area contributed by atoms with Crippen LogP contribution in [-0.4, -0.2) is 156 Å². The molecule has 17 heteroatoms. The van der Waals surface area contributed by atoms with Crippen LogP contribution in [0, 0.1) is 29.1 Å². The number of likely N-dealkylation sites (tertiary alicyclic amines) is 1. The van der Waals surface area contributed by atoms with Gasteiger partial charge in [-0.2, -0.15) is 0 Å². The Kier molecular flexibility index (Phi) is 20.3. The summed E-state index contributed by atoms with van der Waals surface area (Å²) in [5.74, 6) is -5.18. The SMILES string of the molecule is CC[C@H](C)C([C@@H](CC(=O)N1CC2(CC2)C[C@H]1[C@H](OC)[C@@H](C)C(=O)NC(Cc1ccccc1)C(=O)O)OC)N(C)C(=O)[C@@H](NC(=O)[C@H](C(C)C)N(C)C(=O)CCCCCN1C(=O)C=CC1=O)C(C)C. The van der Waals surface area contributed by atoms with Crippen molar-refractivity contribution in [1.82, 2.24) is 30.2 Å². The minimum absolute atomic E-state index is 0.0718. The zero-order valence-corrected chi connectivity index (χ0v) is 42.2. The smallest absolute Gasteiger partial charge is 0.326 e. The number of unbranched alkanes of at least 4 members (excludes halogenated alkanes) is 2. The van der Waals surface area contributed by atoms with E-state index >= 15 is 0 Å². The van der Waals surface area contributed by atoms with E-state index in [0.29, 0.717) is 38.6 Å². The van der Waals surface area contributed by atoms with E-state index in [4.69, 9.17) is 9.47 Å². The number of hydrogen-bond donors (Lipinski definition) is 3. The number of aliphatic carboxylic acids is 1. The zero-order chi connectivity index (χ0) is 50.6. The summed E-state index contributed by atoms with van der Waals surface area (Å²) < 4.78 is 12.1. The highest BCUT2D eigenvalue weighted by atomic mass is 16.5. The van der Waals surface area contributed by atoms with E-state index in [1.807, 2.05) is 59.7 Å². The molecule has 3 N–H and O–H groups in total. The lowest BCUT2D eigenvalue weighted by atomic mass is 9.89. The van der Waals surface area contributed by atoms with Crippen molar-refractivity contribution in [3.8, 4) is 0 Å². The molecule has 1 aromatic carbocycles. The molecule has 2 unspecified atom stereocenters. The van der Waals surface area contributed by atoms with Crippen molar-refractivity contribution in [1.29, 1.82) is 0 Å².